The van der Waals surface area contributed by atoms with Crippen LogP contribution < -0.4 is 14.8 Å². The Labute approximate surface area is 175 Å². The number of piperidine rings is 1. The standard InChI is InChI=1S/C22H25ClN2O4/c1-3-29-20-17(23)13-15(14-19(20)28-2)21(26)24-18-10-6-5-9-16(18)22(27)25-11-7-4-8-12-25/h5-6,9-10,13-14H,3-4,7-8,11-12H2,1-2H3,(H,24,26). The summed E-state index contributed by atoms with van der Waals surface area (Å²) in [6.07, 6.45) is 3.15. The van der Waals surface area contributed by atoms with E-state index < -0.39 is 0 Å². The fourth-order valence-electron chi connectivity index (χ4n) is 3.38. The molecule has 6 nitrogen and oxygen atoms in total. The summed E-state index contributed by atoms with van der Waals surface area (Å²) in [6, 6.07) is 10.1. The molecule has 3 rings (SSSR count). The molecule has 0 spiro atoms. The van der Waals surface area contributed by atoms with E-state index in [4.69, 9.17) is 21.1 Å². The minimum Gasteiger partial charge on any atom is -0.493 e. The van der Waals surface area contributed by atoms with Crippen LogP contribution in [0.25, 0.3) is 0 Å². The number of ether oxygens (including phenoxy) is 2. The minimum atomic E-state index is -0.382. The lowest BCUT2D eigenvalue weighted by Gasteiger charge is -2.27. The Kier molecular flexibility index (Phi) is 6.99. The van der Waals surface area contributed by atoms with Crippen molar-refractivity contribution in [3.05, 3.63) is 52.5 Å². The highest BCUT2D eigenvalue weighted by atomic mass is 35.5. The molecule has 1 heterocycles. The first kappa shape index (κ1) is 21.0. The molecule has 1 aliphatic heterocycles. The van der Waals surface area contributed by atoms with E-state index in [-0.39, 0.29) is 16.8 Å². The number of hydrogen-bond acceptors (Lipinski definition) is 4. The fourth-order valence-corrected chi connectivity index (χ4v) is 3.64. The largest absolute Gasteiger partial charge is 0.493 e. The number of carbonyl (C=O) groups is 2. The van der Waals surface area contributed by atoms with Gasteiger partial charge in [0, 0.05) is 18.7 Å². The Bertz CT molecular complexity index is 894. The van der Waals surface area contributed by atoms with Crippen molar-refractivity contribution in [3.8, 4) is 11.5 Å². The molecule has 0 radical (unpaired) electrons. The maximum absolute atomic E-state index is 12.9. The molecule has 1 saturated heterocycles. The topological polar surface area (TPSA) is 67.9 Å². The molecule has 0 aliphatic carbocycles. The lowest BCUT2D eigenvalue weighted by Crippen LogP contribution is -2.36. The van der Waals surface area contributed by atoms with E-state index in [1.54, 1.807) is 30.3 Å². The molecule has 0 atom stereocenters. The molecule has 2 aromatic rings. The molecule has 0 saturated carbocycles. The van der Waals surface area contributed by atoms with Crippen molar-refractivity contribution in [1.82, 2.24) is 4.90 Å². The van der Waals surface area contributed by atoms with Crippen molar-refractivity contribution < 1.29 is 19.1 Å². The summed E-state index contributed by atoms with van der Waals surface area (Å²) in [5.74, 6) is 0.325. The highest BCUT2D eigenvalue weighted by Crippen LogP contribution is 2.36. The second-order valence-corrected chi connectivity index (χ2v) is 7.18. The average molecular weight is 417 g/mol. The van der Waals surface area contributed by atoms with Crippen LogP contribution in [0.1, 0.15) is 46.9 Å². The third kappa shape index (κ3) is 4.82. The first-order chi connectivity index (χ1) is 14.0. The smallest absolute Gasteiger partial charge is 0.255 e. The molecular formula is C22H25ClN2O4. The number of para-hydroxylation sites is 1. The van der Waals surface area contributed by atoms with Crippen molar-refractivity contribution >= 4 is 29.1 Å². The molecule has 7 heteroatoms. The van der Waals surface area contributed by atoms with E-state index in [9.17, 15) is 9.59 Å². The van der Waals surface area contributed by atoms with Gasteiger partial charge < -0.3 is 19.7 Å². The van der Waals surface area contributed by atoms with Gasteiger partial charge in [0.1, 0.15) is 0 Å². The molecule has 29 heavy (non-hydrogen) atoms. The zero-order valence-electron chi connectivity index (χ0n) is 16.7. The van der Waals surface area contributed by atoms with Crippen LogP contribution in [0.4, 0.5) is 5.69 Å². The zero-order chi connectivity index (χ0) is 20.8. The number of nitrogens with zero attached hydrogens (tertiary/aromatic N) is 1. The molecule has 1 N–H and O–H groups in total. The zero-order valence-corrected chi connectivity index (χ0v) is 17.4. The van der Waals surface area contributed by atoms with Crippen LogP contribution in [0, 0.1) is 0 Å². The van der Waals surface area contributed by atoms with Gasteiger partial charge in [0.05, 0.1) is 30.0 Å². The maximum Gasteiger partial charge on any atom is 0.255 e. The van der Waals surface area contributed by atoms with Crippen LogP contribution in [-0.2, 0) is 0 Å². The Morgan fingerprint density at radius 3 is 2.55 bits per heavy atom. The Morgan fingerprint density at radius 1 is 1.14 bits per heavy atom. The van der Waals surface area contributed by atoms with Crippen LogP contribution in [0.15, 0.2) is 36.4 Å². The number of rotatable bonds is 6. The van der Waals surface area contributed by atoms with Gasteiger partial charge >= 0.3 is 0 Å². The summed E-state index contributed by atoms with van der Waals surface area (Å²) in [5, 5.41) is 3.12. The first-order valence-electron chi connectivity index (χ1n) is 9.75. The summed E-state index contributed by atoms with van der Waals surface area (Å²) in [7, 11) is 1.49. The molecule has 2 amide bonds. The number of nitrogens with one attached hydrogen (secondary N) is 1. The van der Waals surface area contributed by atoms with E-state index in [1.807, 2.05) is 11.8 Å². The molecule has 1 fully saturated rings. The van der Waals surface area contributed by atoms with Gasteiger partial charge in [0.2, 0.25) is 0 Å². The molecule has 0 bridgehead atoms. The summed E-state index contributed by atoms with van der Waals surface area (Å²) in [5.41, 5.74) is 1.26. The molecule has 154 valence electrons. The summed E-state index contributed by atoms with van der Waals surface area (Å²) in [6.45, 7) is 3.75. The van der Waals surface area contributed by atoms with Crippen LogP contribution in [0.5, 0.6) is 11.5 Å². The van der Waals surface area contributed by atoms with Crippen LogP contribution in [0.3, 0.4) is 0 Å². The van der Waals surface area contributed by atoms with Gasteiger partial charge in [0.25, 0.3) is 11.8 Å². The number of carbonyl (C=O) groups excluding carboxylic acids is 2. The molecule has 2 aromatic carbocycles. The van der Waals surface area contributed by atoms with E-state index in [1.165, 1.54) is 13.2 Å². The van der Waals surface area contributed by atoms with Gasteiger partial charge in [0.15, 0.2) is 11.5 Å². The van der Waals surface area contributed by atoms with Crippen molar-refractivity contribution in [2.24, 2.45) is 0 Å². The van der Waals surface area contributed by atoms with Crippen molar-refractivity contribution in [2.75, 3.05) is 32.1 Å². The van der Waals surface area contributed by atoms with E-state index in [2.05, 4.69) is 5.32 Å². The minimum absolute atomic E-state index is 0.0668. The third-order valence-corrected chi connectivity index (χ3v) is 5.11. The highest BCUT2D eigenvalue weighted by molar-refractivity contribution is 6.32. The third-order valence-electron chi connectivity index (χ3n) is 4.83. The Hall–Kier alpha value is -2.73. The second-order valence-electron chi connectivity index (χ2n) is 6.78. The van der Waals surface area contributed by atoms with Crippen molar-refractivity contribution in [1.29, 1.82) is 0 Å². The van der Waals surface area contributed by atoms with E-state index >= 15 is 0 Å². The van der Waals surface area contributed by atoms with Gasteiger partial charge in [-0.3, -0.25) is 9.59 Å². The van der Waals surface area contributed by atoms with Crippen LogP contribution in [0.2, 0.25) is 5.02 Å². The van der Waals surface area contributed by atoms with E-state index in [0.29, 0.717) is 34.9 Å². The van der Waals surface area contributed by atoms with Crippen molar-refractivity contribution in [2.45, 2.75) is 26.2 Å². The number of anilines is 1. The average Bonchev–Trinajstić information content (AvgIpc) is 2.75. The monoisotopic (exact) mass is 416 g/mol. The lowest BCUT2D eigenvalue weighted by molar-refractivity contribution is 0.0725. The SMILES string of the molecule is CCOc1c(Cl)cc(C(=O)Nc2ccccc2C(=O)N2CCCCC2)cc1OC. The quantitative estimate of drug-likeness (QED) is 0.745. The molecular weight excluding hydrogens is 392 g/mol. The lowest BCUT2D eigenvalue weighted by atomic mass is 10.1. The Morgan fingerprint density at radius 2 is 1.86 bits per heavy atom. The normalized spacial score (nSPS) is 13.7. The molecule has 1 aliphatic rings. The molecule has 0 unspecified atom stereocenters. The first-order valence-corrected chi connectivity index (χ1v) is 10.1. The summed E-state index contributed by atoms with van der Waals surface area (Å²) < 4.78 is 10.8. The predicted octanol–water partition coefficient (Wildman–Crippen LogP) is 4.63. The van der Waals surface area contributed by atoms with Gasteiger partial charge in [-0.25, -0.2) is 0 Å². The summed E-state index contributed by atoms with van der Waals surface area (Å²) in [4.78, 5) is 27.6. The number of hydrogen-bond donors (Lipinski definition) is 1. The predicted molar refractivity (Wildman–Crippen MR) is 113 cm³/mol. The van der Waals surface area contributed by atoms with Crippen LogP contribution >= 0.6 is 11.6 Å². The number of amides is 2. The number of methoxy groups -OCH3 is 1. The number of benzene rings is 2. The number of halogens is 1. The van der Waals surface area contributed by atoms with Crippen molar-refractivity contribution in [3.63, 3.8) is 0 Å². The number of likely N-dealkylation sites (tertiary alicyclic amines) is 1. The van der Waals surface area contributed by atoms with Gasteiger partial charge in [-0.15, -0.1) is 0 Å². The summed E-state index contributed by atoms with van der Waals surface area (Å²) >= 11 is 6.28. The van der Waals surface area contributed by atoms with Gasteiger partial charge in [-0.1, -0.05) is 23.7 Å². The Balaban J connectivity index is 1.84. The highest BCUT2D eigenvalue weighted by Gasteiger charge is 2.22. The fraction of sp³-hybridized carbons (Fsp3) is 0.364. The van der Waals surface area contributed by atoms with E-state index in [0.717, 1.165) is 32.4 Å². The van der Waals surface area contributed by atoms with Crippen LogP contribution in [-0.4, -0.2) is 43.5 Å². The van der Waals surface area contributed by atoms with Gasteiger partial charge in [-0.2, -0.15) is 0 Å². The van der Waals surface area contributed by atoms with Gasteiger partial charge in [-0.05, 0) is 50.5 Å². The molecule has 0 aromatic heterocycles. The maximum atomic E-state index is 12.9. The second kappa shape index (κ2) is 9.65.